The standard InChI is InChI=1S/C21H24N2O4/c1-25-19-11-10-15(12-20(19)26-2)13-22-27-14-21(24)23-18-9-5-7-16-6-3-4-8-17(16)18/h3-4,6,8,10-13,18H,5,7,9,14H2,1-2H3,(H,23,24)/b22-13-/t18-/m0/s1. The number of carbonyl (C=O) groups is 1. The largest absolute Gasteiger partial charge is 0.493 e. The molecule has 0 fully saturated rings. The van der Waals surface area contributed by atoms with Crippen LogP contribution in [0.2, 0.25) is 0 Å². The lowest BCUT2D eigenvalue weighted by Crippen LogP contribution is -2.33. The Kier molecular flexibility index (Phi) is 6.30. The van der Waals surface area contributed by atoms with Crippen molar-refractivity contribution in [1.29, 1.82) is 0 Å². The molecule has 1 aliphatic rings. The summed E-state index contributed by atoms with van der Waals surface area (Å²) in [7, 11) is 3.15. The first-order valence-corrected chi connectivity index (χ1v) is 8.96. The zero-order valence-electron chi connectivity index (χ0n) is 15.6. The summed E-state index contributed by atoms with van der Waals surface area (Å²) in [5, 5.41) is 6.90. The number of amides is 1. The van der Waals surface area contributed by atoms with Gasteiger partial charge in [-0.3, -0.25) is 4.79 Å². The van der Waals surface area contributed by atoms with Crippen molar-refractivity contribution >= 4 is 12.1 Å². The van der Waals surface area contributed by atoms with Gasteiger partial charge in [0.25, 0.3) is 5.91 Å². The molecule has 0 unspecified atom stereocenters. The second-order valence-corrected chi connectivity index (χ2v) is 6.33. The van der Waals surface area contributed by atoms with Crippen molar-refractivity contribution in [3.05, 3.63) is 59.2 Å². The highest BCUT2D eigenvalue weighted by Gasteiger charge is 2.21. The molecule has 0 saturated carbocycles. The van der Waals surface area contributed by atoms with E-state index in [0.29, 0.717) is 11.5 Å². The van der Waals surface area contributed by atoms with Crippen LogP contribution < -0.4 is 14.8 Å². The van der Waals surface area contributed by atoms with E-state index < -0.39 is 0 Å². The first kappa shape index (κ1) is 18.8. The second-order valence-electron chi connectivity index (χ2n) is 6.33. The van der Waals surface area contributed by atoms with Gasteiger partial charge in [-0.25, -0.2) is 0 Å². The zero-order valence-corrected chi connectivity index (χ0v) is 15.6. The maximum Gasteiger partial charge on any atom is 0.261 e. The number of fused-ring (bicyclic) bond motifs is 1. The van der Waals surface area contributed by atoms with Gasteiger partial charge in [0.2, 0.25) is 0 Å². The summed E-state index contributed by atoms with van der Waals surface area (Å²) in [6.45, 7) is -0.123. The van der Waals surface area contributed by atoms with Gasteiger partial charge < -0.3 is 19.6 Å². The number of rotatable bonds is 7. The van der Waals surface area contributed by atoms with E-state index in [0.717, 1.165) is 24.8 Å². The molecular formula is C21H24N2O4. The van der Waals surface area contributed by atoms with E-state index in [-0.39, 0.29) is 18.6 Å². The summed E-state index contributed by atoms with van der Waals surface area (Å²) < 4.78 is 10.4. The molecule has 142 valence electrons. The van der Waals surface area contributed by atoms with Gasteiger partial charge in [0.05, 0.1) is 26.5 Å². The lowest BCUT2D eigenvalue weighted by atomic mass is 9.88. The minimum Gasteiger partial charge on any atom is -0.493 e. The molecule has 1 N–H and O–H groups in total. The van der Waals surface area contributed by atoms with E-state index in [1.54, 1.807) is 26.4 Å². The highest BCUT2D eigenvalue weighted by Crippen LogP contribution is 2.29. The van der Waals surface area contributed by atoms with Crippen LogP contribution in [0.4, 0.5) is 0 Å². The van der Waals surface area contributed by atoms with Crippen molar-refractivity contribution in [3.63, 3.8) is 0 Å². The molecule has 27 heavy (non-hydrogen) atoms. The predicted molar refractivity (Wildman–Crippen MR) is 103 cm³/mol. The van der Waals surface area contributed by atoms with E-state index in [9.17, 15) is 4.79 Å². The Morgan fingerprint density at radius 2 is 2.00 bits per heavy atom. The van der Waals surface area contributed by atoms with Gasteiger partial charge in [-0.15, -0.1) is 0 Å². The maximum atomic E-state index is 12.2. The zero-order chi connectivity index (χ0) is 19.1. The first-order valence-electron chi connectivity index (χ1n) is 8.96. The minimum atomic E-state index is -0.179. The SMILES string of the molecule is COc1ccc(/C=N\OCC(=O)N[C@H]2CCCc3ccccc32)cc1OC. The lowest BCUT2D eigenvalue weighted by Gasteiger charge is -2.26. The molecule has 0 heterocycles. The summed E-state index contributed by atoms with van der Waals surface area (Å²) in [5.74, 6) is 1.07. The number of hydrogen-bond acceptors (Lipinski definition) is 5. The number of methoxy groups -OCH3 is 2. The van der Waals surface area contributed by atoms with Crippen LogP contribution in [-0.2, 0) is 16.1 Å². The van der Waals surface area contributed by atoms with Crippen LogP contribution >= 0.6 is 0 Å². The third-order valence-electron chi connectivity index (χ3n) is 4.58. The maximum absolute atomic E-state index is 12.2. The van der Waals surface area contributed by atoms with Crippen LogP contribution in [0.5, 0.6) is 11.5 Å². The predicted octanol–water partition coefficient (Wildman–Crippen LogP) is 3.25. The Morgan fingerprint density at radius 1 is 1.19 bits per heavy atom. The molecule has 2 aromatic rings. The monoisotopic (exact) mass is 368 g/mol. The lowest BCUT2D eigenvalue weighted by molar-refractivity contribution is -0.126. The highest BCUT2D eigenvalue weighted by atomic mass is 16.6. The van der Waals surface area contributed by atoms with Crippen molar-refractivity contribution < 1.29 is 19.1 Å². The van der Waals surface area contributed by atoms with E-state index in [1.165, 1.54) is 17.3 Å². The van der Waals surface area contributed by atoms with Crippen molar-refractivity contribution in [2.75, 3.05) is 20.8 Å². The summed E-state index contributed by atoms with van der Waals surface area (Å²) in [5.41, 5.74) is 3.29. The molecule has 3 rings (SSSR count). The fraction of sp³-hybridized carbons (Fsp3) is 0.333. The Bertz CT molecular complexity index is 820. The molecule has 6 heteroatoms. The Balaban J connectivity index is 1.51. The number of nitrogens with one attached hydrogen (secondary N) is 1. The quantitative estimate of drug-likeness (QED) is 0.602. The second kappa shape index (κ2) is 9.07. The molecule has 1 aliphatic carbocycles. The number of ether oxygens (including phenoxy) is 2. The number of carbonyl (C=O) groups excluding carboxylic acids is 1. The van der Waals surface area contributed by atoms with Crippen LogP contribution in [0, 0.1) is 0 Å². The summed E-state index contributed by atoms with van der Waals surface area (Å²) in [4.78, 5) is 17.3. The van der Waals surface area contributed by atoms with Crippen molar-refractivity contribution in [2.24, 2.45) is 5.16 Å². The molecule has 6 nitrogen and oxygen atoms in total. The smallest absolute Gasteiger partial charge is 0.261 e. The van der Waals surface area contributed by atoms with Gasteiger partial charge in [0, 0.05) is 5.56 Å². The molecule has 0 aromatic heterocycles. The molecule has 0 radical (unpaired) electrons. The fourth-order valence-corrected chi connectivity index (χ4v) is 3.27. The summed E-state index contributed by atoms with van der Waals surface area (Å²) >= 11 is 0. The van der Waals surface area contributed by atoms with E-state index in [4.69, 9.17) is 14.3 Å². The van der Waals surface area contributed by atoms with Gasteiger partial charge in [0.15, 0.2) is 18.1 Å². The number of aryl methyl sites for hydroxylation is 1. The first-order chi connectivity index (χ1) is 13.2. The minimum absolute atomic E-state index is 0.0425. The highest BCUT2D eigenvalue weighted by molar-refractivity contribution is 5.81. The Morgan fingerprint density at radius 3 is 2.81 bits per heavy atom. The van der Waals surface area contributed by atoms with Crippen LogP contribution in [0.3, 0.4) is 0 Å². The van der Waals surface area contributed by atoms with E-state index >= 15 is 0 Å². The van der Waals surface area contributed by atoms with Gasteiger partial charge in [-0.2, -0.15) is 0 Å². The van der Waals surface area contributed by atoms with E-state index in [2.05, 4.69) is 22.6 Å². The van der Waals surface area contributed by atoms with E-state index in [1.807, 2.05) is 18.2 Å². The molecule has 1 atom stereocenters. The molecule has 0 aliphatic heterocycles. The number of benzene rings is 2. The molecule has 0 spiro atoms. The fourth-order valence-electron chi connectivity index (χ4n) is 3.27. The molecule has 1 amide bonds. The van der Waals surface area contributed by atoms with Crippen molar-refractivity contribution in [1.82, 2.24) is 5.32 Å². The van der Waals surface area contributed by atoms with Crippen molar-refractivity contribution in [2.45, 2.75) is 25.3 Å². The normalized spacial score (nSPS) is 15.9. The molecule has 2 aromatic carbocycles. The average molecular weight is 368 g/mol. The van der Waals surface area contributed by atoms with Gasteiger partial charge in [-0.1, -0.05) is 29.4 Å². The van der Waals surface area contributed by atoms with Crippen LogP contribution in [0.25, 0.3) is 0 Å². The van der Waals surface area contributed by atoms with Crippen LogP contribution in [0.1, 0.15) is 35.6 Å². The van der Waals surface area contributed by atoms with Gasteiger partial charge >= 0.3 is 0 Å². The number of oxime groups is 1. The molecule has 0 bridgehead atoms. The molecular weight excluding hydrogens is 344 g/mol. The number of hydrogen-bond donors (Lipinski definition) is 1. The topological polar surface area (TPSA) is 69.2 Å². The van der Waals surface area contributed by atoms with Crippen molar-refractivity contribution in [3.8, 4) is 11.5 Å². The molecule has 0 saturated heterocycles. The Labute approximate surface area is 159 Å². The average Bonchev–Trinajstić information content (AvgIpc) is 2.71. The summed E-state index contributed by atoms with van der Waals surface area (Å²) in [6, 6.07) is 13.7. The van der Waals surface area contributed by atoms with Crippen LogP contribution in [-0.4, -0.2) is 32.9 Å². The summed E-state index contributed by atoms with van der Waals surface area (Å²) in [6.07, 6.45) is 4.61. The van der Waals surface area contributed by atoms with Gasteiger partial charge in [-0.05, 0) is 48.6 Å². The number of nitrogens with zero attached hydrogens (tertiary/aromatic N) is 1. The third-order valence-corrected chi connectivity index (χ3v) is 4.58. The third kappa shape index (κ3) is 4.78. The van der Waals surface area contributed by atoms with Gasteiger partial charge in [0.1, 0.15) is 0 Å². The Hall–Kier alpha value is -3.02. The van der Waals surface area contributed by atoms with Crippen LogP contribution in [0.15, 0.2) is 47.6 Å².